The van der Waals surface area contributed by atoms with Crippen LogP contribution in [0.4, 0.5) is 0 Å². The summed E-state index contributed by atoms with van der Waals surface area (Å²) in [6.45, 7) is 6.25. The van der Waals surface area contributed by atoms with Crippen LogP contribution in [-0.4, -0.2) is 53.7 Å². The van der Waals surface area contributed by atoms with E-state index in [1.165, 1.54) is 25.7 Å². The van der Waals surface area contributed by atoms with Crippen LogP contribution < -0.4 is 10.6 Å². The van der Waals surface area contributed by atoms with Crippen molar-refractivity contribution in [1.82, 2.24) is 25.6 Å². The Balaban J connectivity index is 0.00000243. The third-order valence-corrected chi connectivity index (χ3v) is 5.69. The average Bonchev–Trinajstić information content (AvgIpc) is 3.31. The van der Waals surface area contributed by atoms with Crippen LogP contribution in [0.25, 0.3) is 0 Å². The highest BCUT2D eigenvalue weighted by Crippen LogP contribution is 2.40. The molecular formula is C18H32ClN5O2. The molecule has 0 radical (unpaired) electrons. The maximum Gasteiger partial charge on any atom is 0.273 e. The summed E-state index contributed by atoms with van der Waals surface area (Å²) in [5.74, 6) is -0.108. The largest absolute Gasteiger partial charge is 0.382 e. The summed E-state index contributed by atoms with van der Waals surface area (Å²) in [6, 6.07) is 0.350. The van der Waals surface area contributed by atoms with E-state index < -0.39 is 0 Å². The molecule has 26 heavy (non-hydrogen) atoms. The third-order valence-electron chi connectivity index (χ3n) is 5.69. The van der Waals surface area contributed by atoms with E-state index in [0.29, 0.717) is 18.3 Å². The third kappa shape index (κ3) is 5.41. The number of nitrogens with one attached hydrogen (secondary N) is 2. The highest BCUT2D eigenvalue weighted by molar-refractivity contribution is 5.91. The summed E-state index contributed by atoms with van der Waals surface area (Å²) in [5.41, 5.74) is 0.618. The molecule has 2 fully saturated rings. The van der Waals surface area contributed by atoms with E-state index in [4.69, 9.17) is 4.74 Å². The second kappa shape index (κ2) is 10.2. The van der Waals surface area contributed by atoms with Crippen LogP contribution in [0.5, 0.6) is 0 Å². The van der Waals surface area contributed by atoms with Crippen molar-refractivity contribution in [3.05, 3.63) is 11.9 Å². The molecule has 0 aromatic carbocycles. The van der Waals surface area contributed by atoms with Crippen LogP contribution in [0.15, 0.2) is 6.20 Å². The summed E-state index contributed by atoms with van der Waals surface area (Å²) in [7, 11) is 0. The Morgan fingerprint density at radius 2 is 2.12 bits per heavy atom. The summed E-state index contributed by atoms with van der Waals surface area (Å²) >= 11 is 0. The van der Waals surface area contributed by atoms with Gasteiger partial charge in [-0.15, -0.1) is 17.5 Å². The summed E-state index contributed by atoms with van der Waals surface area (Å²) < 4.78 is 7.40. The molecule has 8 heteroatoms. The summed E-state index contributed by atoms with van der Waals surface area (Å²) in [5, 5.41) is 14.7. The standard InChI is InChI=1S/C18H31N5O2.ClH/c1-2-25-12-9-18(7-3-4-8-18)14-20-17(24)16-13-23(22-21-16)15-5-10-19-11-6-15;/h13,15,19H,2-12,14H2,1H3,(H,20,24);1H. The van der Waals surface area contributed by atoms with Crippen molar-refractivity contribution in [2.45, 2.75) is 57.9 Å². The topological polar surface area (TPSA) is 81.1 Å². The zero-order chi connectivity index (χ0) is 17.5. The molecule has 1 aromatic heterocycles. The highest BCUT2D eigenvalue weighted by Gasteiger charge is 2.34. The molecular weight excluding hydrogens is 354 g/mol. The molecule has 1 saturated heterocycles. The van der Waals surface area contributed by atoms with Gasteiger partial charge in [-0.3, -0.25) is 4.79 Å². The lowest BCUT2D eigenvalue weighted by atomic mass is 9.83. The van der Waals surface area contributed by atoms with Crippen molar-refractivity contribution < 1.29 is 9.53 Å². The van der Waals surface area contributed by atoms with Gasteiger partial charge in [0, 0.05) is 19.8 Å². The van der Waals surface area contributed by atoms with E-state index in [9.17, 15) is 4.79 Å². The Kier molecular flexibility index (Phi) is 8.31. The van der Waals surface area contributed by atoms with Gasteiger partial charge in [0.15, 0.2) is 5.69 Å². The molecule has 7 nitrogen and oxygen atoms in total. The van der Waals surface area contributed by atoms with Crippen molar-refractivity contribution in [2.24, 2.45) is 5.41 Å². The molecule has 0 atom stereocenters. The van der Waals surface area contributed by atoms with E-state index in [-0.39, 0.29) is 23.7 Å². The summed E-state index contributed by atoms with van der Waals surface area (Å²) in [6.07, 6.45) is 9.71. The number of carbonyl (C=O) groups excluding carboxylic acids is 1. The van der Waals surface area contributed by atoms with Crippen LogP contribution >= 0.6 is 12.4 Å². The van der Waals surface area contributed by atoms with E-state index >= 15 is 0 Å². The first-order valence-electron chi connectivity index (χ1n) is 9.71. The zero-order valence-corrected chi connectivity index (χ0v) is 16.5. The average molecular weight is 386 g/mol. The van der Waals surface area contributed by atoms with Crippen molar-refractivity contribution in [2.75, 3.05) is 32.8 Å². The number of rotatable bonds is 8. The summed E-state index contributed by atoms with van der Waals surface area (Å²) in [4.78, 5) is 12.5. The van der Waals surface area contributed by atoms with Crippen molar-refractivity contribution >= 4 is 18.3 Å². The predicted molar refractivity (Wildman–Crippen MR) is 103 cm³/mol. The minimum atomic E-state index is -0.108. The lowest BCUT2D eigenvalue weighted by Gasteiger charge is -2.29. The number of hydrogen-bond acceptors (Lipinski definition) is 5. The number of halogens is 1. The van der Waals surface area contributed by atoms with E-state index in [1.807, 2.05) is 11.6 Å². The SMILES string of the molecule is CCOCCC1(CNC(=O)c2cn(C3CCNCC3)nn2)CCCC1.Cl. The first-order valence-corrected chi connectivity index (χ1v) is 9.71. The van der Waals surface area contributed by atoms with Crippen LogP contribution in [0.1, 0.15) is 68.4 Å². The number of amides is 1. The number of nitrogens with zero attached hydrogens (tertiary/aromatic N) is 3. The van der Waals surface area contributed by atoms with Gasteiger partial charge in [0.25, 0.3) is 5.91 Å². The highest BCUT2D eigenvalue weighted by atomic mass is 35.5. The van der Waals surface area contributed by atoms with Gasteiger partial charge in [0.2, 0.25) is 0 Å². The number of carbonyl (C=O) groups is 1. The normalized spacial score (nSPS) is 19.9. The molecule has 1 aliphatic carbocycles. The lowest BCUT2D eigenvalue weighted by molar-refractivity contribution is 0.0859. The quantitative estimate of drug-likeness (QED) is 0.671. The fourth-order valence-corrected chi connectivity index (χ4v) is 4.06. The second-order valence-electron chi connectivity index (χ2n) is 7.40. The van der Waals surface area contributed by atoms with E-state index in [1.54, 1.807) is 6.20 Å². The molecule has 1 amide bonds. The number of ether oxygens (including phenoxy) is 1. The predicted octanol–water partition coefficient (Wildman–Crippen LogP) is 2.34. The second-order valence-corrected chi connectivity index (χ2v) is 7.40. The van der Waals surface area contributed by atoms with Crippen LogP contribution in [0.2, 0.25) is 0 Å². The van der Waals surface area contributed by atoms with E-state index in [0.717, 1.165) is 45.6 Å². The maximum atomic E-state index is 12.5. The van der Waals surface area contributed by atoms with E-state index in [2.05, 4.69) is 20.9 Å². The van der Waals surface area contributed by atoms with Gasteiger partial charge < -0.3 is 15.4 Å². The lowest BCUT2D eigenvalue weighted by Crippen LogP contribution is -2.37. The fraction of sp³-hybridized carbons (Fsp3) is 0.833. The van der Waals surface area contributed by atoms with Gasteiger partial charge in [-0.25, -0.2) is 4.68 Å². The molecule has 0 bridgehead atoms. The Morgan fingerprint density at radius 1 is 1.38 bits per heavy atom. The first-order chi connectivity index (χ1) is 12.2. The molecule has 2 heterocycles. The van der Waals surface area contributed by atoms with Crippen molar-refractivity contribution in [3.8, 4) is 0 Å². The van der Waals surface area contributed by atoms with Gasteiger partial charge >= 0.3 is 0 Å². The molecule has 2 N–H and O–H groups in total. The smallest absolute Gasteiger partial charge is 0.273 e. The number of piperidine rings is 1. The van der Waals surface area contributed by atoms with Crippen LogP contribution in [-0.2, 0) is 4.74 Å². The maximum absolute atomic E-state index is 12.5. The Labute approximate surface area is 162 Å². The Hall–Kier alpha value is -1.18. The Morgan fingerprint density at radius 3 is 2.81 bits per heavy atom. The zero-order valence-electron chi connectivity index (χ0n) is 15.7. The molecule has 1 aliphatic heterocycles. The van der Waals surface area contributed by atoms with Gasteiger partial charge in [0.1, 0.15) is 0 Å². The minimum Gasteiger partial charge on any atom is -0.382 e. The molecule has 3 rings (SSSR count). The monoisotopic (exact) mass is 385 g/mol. The molecule has 148 valence electrons. The van der Waals surface area contributed by atoms with Gasteiger partial charge in [-0.05, 0) is 57.5 Å². The fourth-order valence-electron chi connectivity index (χ4n) is 4.06. The minimum absolute atomic E-state index is 0. The van der Waals surface area contributed by atoms with Crippen LogP contribution in [0, 0.1) is 5.41 Å². The Bertz CT molecular complexity index is 554. The molecule has 1 saturated carbocycles. The molecule has 0 unspecified atom stereocenters. The number of aromatic nitrogens is 3. The van der Waals surface area contributed by atoms with Crippen molar-refractivity contribution in [1.29, 1.82) is 0 Å². The van der Waals surface area contributed by atoms with Gasteiger partial charge in [-0.1, -0.05) is 18.1 Å². The molecule has 0 spiro atoms. The molecule has 1 aromatic rings. The number of hydrogen-bond donors (Lipinski definition) is 2. The van der Waals surface area contributed by atoms with Crippen LogP contribution in [0.3, 0.4) is 0 Å². The van der Waals surface area contributed by atoms with Gasteiger partial charge in [-0.2, -0.15) is 0 Å². The van der Waals surface area contributed by atoms with Gasteiger partial charge in [0.05, 0.1) is 12.2 Å². The first kappa shape index (κ1) is 21.1. The van der Waals surface area contributed by atoms with Crippen molar-refractivity contribution in [3.63, 3.8) is 0 Å². The molecule has 2 aliphatic rings.